The van der Waals surface area contributed by atoms with Crippen LogP contribution in [0.25, 0.3) is 0 Å². The molecule has 32 heavy (non-hydrogen) atoms. The highest BCUT2D eigenvalue weighted by Crippen LogP contribution is 2.30. The Bertz CT molecular complexity index is 1250. The molecular formula is C22H21FN2O5S2. The Morgan fingerprint density at radius 2 is 1.84 bits per heavy atom. The summed E-state index contributed by atoms with van der Waals surface area (Å²) in [5.41, 5.74) is 1.18. The first-order valence-corrected chi connectivity index (χ1v) is 12.3. The van der Waals surface area contributed by atoms with E-state index < -0.39 is 27.5 Å². The number of rotatable bonds is 7. The third-order valence-corrected chi connectivity index (χ3v) is 6.76. The number of carbonyl (C=O) groups excluding carboxylic acids is 2. The van der Waals surface area contributed by atoms with Crippen molar-refractivity contribution in [2.45, 2.75) is 25.3 Å². The summed E-state index contributed by atoms with van der Waals surface area (Å²) < 4.78 is 42.3. The molecule has 0 radical (unpaired) electrons. The van der Waals surface area contributed by atoms with E-state index in [0.717, 1.165) is 17.6 Å². The molecule has 1 aromatic heterocycles. The van der Waals surface area contributed by atoms with Crippen LogP contribution < -0.4 is 4.90 Å². The van der Waals surface area contributed by atoms with Gasteiger partial charge in [-0.15, -0.1) is 0 Å². The zero-order valence-electron chi connectivity index (χ0n) is 17.7. The normalized spacial score (nSPS) is 11.2. The molecule has 0 aliphatic heterocycles. The van der Waals surface area contributed by atoms with Crippen LogP contribution in [-0.4, -0.2) is 38.1 Å². The summed E-state index contributed by atoms with van der Waals surface area (Å²) in [4.78, 5) is 31.6. The van der Waals surface area contributed by atoms with Crippen LogP contribution >= 0.6 is 11.3 Å². The fourth-order valence-electron chi connectivity index (χ4n) is 2.90. The Hall–Kier alpha value is -3.11. The van der Waals surface area contributed by atoms with Gasteiger partial charge in [0.25, 0.3) is 5.91 Å². The number of carbonyl (C=O) groups is 2. The number of esters is 1. The molecule has 1 amide bonds. The topological polar surface area (TPSA) is 93.6 Å². The molecule has 0 fully saturated rings. The number of thiazole rings is 1. The highest BCUT2D eigenvalue weighted by molar-refractivity contribution is 7.90. The maximum Gasteiger partial charge on any atom is 0.350 e. The Kier molecular flexibility index (Phi) is 7.05. The number of anilines is 1. The van der Waals surface area contributed by atoms with Gasteiger partial charge in [0, 0.05) is 11.8 Å². The molecule has 0 atom stereocenters. The van der Waals surface area contributed by atoms with Crippen molar-refractivity contribution in [3.63, 3.8) is 0 Å². The maximum atomic E-state index is 13.4. The van der Waals surface area contributed by atoms with Crippen molar-refractivity contribution in [1.29, 1.82) is 0 Å². The molecule has 3 rings (SSSR count). The van der Waals surface area contributed by atoms with E-state index in [9.17, 15) is 22.4 Å². The number of nitrogens with zero attached hydrogens (tertiary/aromatic N) is 2. The van der Waals surface area contributed by atoms with Crippen LogP contribution in [0.5, 0.6) is 0 Å². The van der Waals surface area contributed by atoms with Crippen molar-refractivity contribution in [2.75, 3.05) is 17.8 Å². The molecule has 0 N–H and O–H groups in total. The van der Waals surface area contributed by atoms with E-state index in [4.69, 9.17) is 4.74 Å². The second kappa shape index (κ2) is 9.58. The number of benzene rings is 2. The van der Waals surface area contributed by atoms with Crippen LogP contribution in [0.3, 0.4) is 0 Å². The molecule has 0 aliphatic rings. The highest BCUT2D eigenvalue weighted by Gasteiger charge is 2.26. The van der Waals surface area contributed by atoms with Crippen LogP contribution in [0.15, 0.2) is 53.4 Å². The largest absolute Gasteiger partial charge is 0.462 e. The van der Waals surface area contributed by atoms with Gasteiger partial charge in [0.15, 0.2) is 15.0 Å². The standard InChI is InChI=1S/C22H21FN2O5S2/c1-4-30-21(27)19-14(2)24-22(31-19)25(13-15-8-10-17(23)11-9-15)20(26)16-6-5-7-18(12-16)32(3,28)29/h5-12H,4,13H2,1-3H3. The average Bonchev–Trinajstić information content (AvgIpc) is 3.14. The molecule has 1 heterocycles. The van der Waals surface area contributed by atoms with Crippen LogP contribution in [0.1, 0.15) is 38.2 Å². The van der Waals surface area contributed by atoms with Gasteiger partial charge in [0.05, 0.1) is 23.7 Å². The van der Waals surface area contributed by atoms with Gasteiger partial charge in [0.1, 0.15) is 10.7 Å². The first-order valence-electron chi connectivity index (χ1n) is 9.61. The lowest BCUT2D eigenvalue weighted by Gasteiger charge is -2.20. The molecule has 0 aliphatic carbocycles. The van der Waals surface area contributed by atoms with Crippen LogP contribution in [0.2, 0.25) is 0 Å². The third kappa shape index (κ3) is 5.38. The van der Waals surface area contributed by atoms with E-state index in [-0.39, 0.29) is 33.6 Å². The van der Waals surface area contributed by atoms with Gasteiger partial charge in [-0.3, -0.25) is 9.69 Å². The van der Waals surface area contributed by atoms with E-state index in [1.165, 1.54) is 53.4 Å². The molecule has 0 unspecified atom stereocenters. The fourth-order valence-corrected chi connectivity index (χ4v) is 4.52. The maximum absolute atomic E-state index is 13.4. The second-order valence-corrected chi connectivity index (χ2v) is 9.94. The predicted molar refractivity (Wildman–Crippen MR) is 119 cm³/mol. The van der Waals surface area contributed by atoms with Gasteiger partial charge in [-0.2, -0.15) is 0 Å². The van der Waals surface area contributed by atoms with Crippen molar-refractivity contribution in [1.82, 2.24) is 4.98 Å². The van der Waals surface area contributed by atoms with Gasteiger partial charge in [-0.25, -0.2) is 22.6 Å². The van der Waals surface area contributed by atoms with Gasteiger partial charge in [0.2, 0.25) is 0 Å². The first kappa shape index (κ1) is 23.6. The lowest BCUT2D eigenvalue weighted by molar-refractivity contribution is 0.0531. The number of halogens is 1. The Morgan fingerprint density at radius 3 is 2.47 bits per heavy atom. The summed E-state index contributed by atoms with van der Waals surface area (Å²) in [6.07, 6.45) is 1.06. The minimum absolute atomic E-state index is 0.00705. The molecular weight excluding hydrogens is 455 g/mol. The van der Waals surface area contributed by atoms with Gasteiger partial charge < -0.3 is 4.74 Å². The summed E-state index contributed by atoms with van der Waals surface area (Å²) in [6, 6.07) is 11.3. The molecule has 0 spiro atoms. The van der Waals surface area contributed by atoms with E-state index in [0.29, 0.717) is 11.3 Å². The monoisotopic (exact) mass is 476 g/mol. The van der Waals surface area contributed by atoms with Crippen molar-refractivity contribution >= 4 is 38.2 Å². The summed E-state index contributed by atoms with van der Waals surface area (Å²) >= 11 is 0.998. The lowest BCUT2D eigenvalue weighted by Crippen LogP contribution is -2.30. The molecule has 10 heteroatoms. The fraction of sp³-hybridized carbons (Fsp3) is 0.227. The number of aromatic nitrogens is 1. The molecule has 0 saturated carbocycles. The average molecular weight is 477 g/mol. The molecule has 7 nitrogen and oxygen atoms in total. The van der Waals surface area contributed by atoms with Gasteiger partial charge in [-0.05, 0) is 49.7 Å². The smallest absolute Gasteiger partial charge is 0.350 e. The first-order chi connectivity index (χ1) is 15.1. The van der Waals surface area contributed by atoms with E-state index >= 15 is 0 Å². The van der Waals surface area contributed by atoms with Crippen molar-refractivity contribution in [3.8, 4) is 0 Å². The summed E-state index contributed by atoms with van der Waals surface area (Å²) in [7, 11) is -3.52. The third-order valence-electron chi connectivity index (χ3n) is 4.49. The molecule has 168 valence electrons. The Labute approximate surface area is 189 Å². The second-order valence-electron chi connectivity index (χ2n) is 6.95. The Morgan fingerprint density at radius 1 is 1.16 bits per heavy atom. The SMILES string of the molecule is CCOC(=O)c1sc(N(Cc2ccc(F)cc2)C(=O)c2cccc(S(C)(=O)=O)c2)nc1C. The summed E-state index contributed by atoms with van der Waals surface area (Å²) in [5.74, 6) is -1.46. The number of ether oxygens (including phenoxy) is 1. The van der Waals surface area contributed by atoms with Crippen LogP contribution in [0.4, 0.5) is 9.52 Å². The predicted octanol–water partition coefficient (Wildman–Crippen LogP) is 4.02. The van der Waals surface area contributed by atoms with Gasteiger partial charge in [-0.1, -0.05) is 29.5 Å². The zero-order chi connectivity index (χ0) is 23.5. The lowest BCUT2D eigenvalue weighted by atomic mass is 10.1. The van der Waals surface area contributed by atoms with Crippen LogP contribution in [0, 0.1) is 12.7 Å². The van der Waals surface area contributed by atoms with Gasteiger partial charge >= 0.3 is 5.97 Å². The zero-order valence-corrected chi connectivity index (χ0v) is 19.3. The van der Waals surface area contributed by atoms with E-state index in [1.54, 1.807) is 13.8 Å². The molecule has 0 bridgehead atoms. The highest BCUT2D eigenvalue weighted by atomic mass is 32.2. The van der Waals surface area contributed by atoms with E-state index in [2.05, 4.69) is 4.98 Å². The number of hydrogen-bond donors (Lipinski definition) is 0. The van der Waals surface area contributed by atoms with Crippen molar-refractivity contribution in [3.05, 3.63) is 76.0 Å². The molecule has 3 aromatic rings. The summed E-state index contributed by atoms with van der Waals surface area (Å²) in [6.45, 7) is 3.56. The molecule has 0 saturated heterocycles. The number of hydrogen-bond acceptors (Lipinski definition) is 7. The minimum atomic E-state index is -3.52. The molecule has 2 aromatic carbocycles. The van der Waals surface area contributed by atoms with Crippen molar-refractivity contribution < 1.29 is 27.1 Å². The number of amides is 1. The Balaban J connectivity index is 2.05. The number of sulfone groups is 1. The van der Waals surface area contributed by atoms with Crippen LogP contribution in [-0.2, 0) is 21.1 Å². The minimum Gasteiger partial charge on any atom is -0.462 e. The summed E-state index contributed by atoms with van der Waals surface area (Å²) in [5, 5.41) is 0.240. The van der Waals surface area contributed by atoms with Crippen molar-refractivity contribution in [2.24, 2.45) is 0 Å². The number of aryl methyl sites for hydroxylation is 1. The van der Waals surface area contributed by atoms with E-state index in [1.807, 2.05) is 0 Å². The quantitative estimate of drug-likeness (QED) is 0.478.